The molecule has 0 fully saturated rings. The van der Waals surface area contributed by atoms with Crippen molar-refractivity contribution >= 4 is 44.3 Å². The molecule has 0 aliphatic heterocycles. The van der Waals surface area contributed by atoms with Gasteiger partial charge in [0.2, 0.25) is 5.91 Å². The predicted molar refractivity (Wildman–Crippen MR) is 144 cm³/mol. The summed E-state index contributed by atoms with van der Waals surface area (Å²) in [5, 5.41) is 11.1. The number of carbonyl (C=O) groups is 2. The number of nitrogens with one attached hydrogen (secondary N) is 1. The molecule has 3 aromatic carbocycles. The van der Waals surface area contributed by atoms with Crippen molar-refractivity contribution in [1.82, 2.24) is 24.1 Å². The minimum atomic E-state index is -4.75. The van der Waals surface area contributed by atoms with Gasteiger partial charge in [-0.1, -0.05) is 6.07 Å². The Hall–Kier alpha value is -4.72. The molecule has 0 saturated carbocycles. The van der Waals surface area contributed by atoms with Gasteiger partial charge in [-0.25, -0.2) is 18.7 Å². The van der Waals surface area contributed by atoms with Gasteiger partial charge in [0.25, 0.3) is 5.91 Å². The molecule has 3 N–H and O–H groups in total. The summed E-state index contributed by atoms with van der Waals surface area (Å²) < 4.78 is 45.5. The third-order valence-electron chi connectivity index (χ3n) is 6.13. The fourth-order valence-electron chi connectivity index (χ4n) is 4.27. The highest BCUT2D eigenvalue weighted by atomic mass is 79.9. The highest BCUT2D eigenvalue weighted by Gasteiger charge is 2.33. The highest BCUT2D eigenvalue weighted by molar-refractivity contribution is 9.10. The molecule has 40 heavy (non-hydrogen) atoms. The van der Waals surface area contributed by atoms with E-state index in [0.717, 1.165) is 12.1 Å². The summed E-state index contributed by atoms with van der Waals surface area (Å²) in [6.45, 7) is 1.68. The minimum Gasteiger partial charge on any atom is -0.366 e. The predicted octanol–water partition coefficient (Wildman–Crippen LogP) is 4.35. The molecule has 0 aliphatic carbocycles. The van der Waals surface area contributed by atoms with E-state index >= 15 is 0 Å². The number of benzene rings is 3. The number of nitrogens with zero attached hydrogens (tertiary/aromatic N) is 5. The summed E-state index contributed by atoms with van der Waals surface area (Å²) in [5.74, 6) is -1.10. The number of alkyl halides is 3. The number of anilines is 1. The number of aryl methyl sites for hydroxylation is 2. The third-order valence-corrected chi connectivity index (χ3v) is 6.87. The Morgan fingerprint density at radius 1 is 1.00 bits per heavy atom. The van der Waals surface area contributed by atoms with Crippen molar-refractivity contribution in [3.8, 4) is 11.4 Å². The van der Waals surface area contributed by atoms with Crippen LogP contribution in [0.3, 0.4) is 0 Å². The van der Waals surface area contributed by atoms with Crippen LogP contribution < -0.4 is 16.7 Å². The van der Waals surface area contributed by atoms with Crippen LogP contribution in [0.1, 0.15) is 32.1 Å². The van der Waals surface area contributed by atoms with Gasteiger partial charge in [0.05, 0.1) is 28.0 Å². The van der Waals surface area contributed by atoms with E-state index in [0.29, 0.717) is 17.2 Å². The maximum atomic E-state index is 13.8. The van der Waals surface area contributed by atoms with Crippen molar-refractivity contribution in [2.24, 2.45) is 12.8 Å². The molecular weight excluding hydrogens is 595 g/mol. The zero-order valence-corrected chi connectivity index (χ0v) is 22.4. The first-order chi connectivity index (χ1) is 18.8. The second kappa shape index (κ2) is 9.79. The smallest absolute Gasteiger partial charge is 0.366 e. The minimum absolute atomic E-state index is 0.0823. The third kappa shape index (κ3) is 4.77. The Balaban J connectivity index is 1.60. The maximum Gasteiger partial charge on any atom is 0.416 e. The largest absolute Gasteiger partial charge is 0.416 e. The Kier molecular flexibility index (Phi) is 6.58. The summed E-state index contributed by atoms with van der Waals surface area (Å²) in [4.78, 5) is 37.2. The van der Waals surface area contributed by atoms with Crippen LogP contribution in [0.4, 0.5) is 18.9 Å². The van der Waals surface area contributed by atoms with Crippen molar-refractivity contribution in [2.45, 2.75) is 13.1 Å². The molecule has 0 radical (unpaired) electrons. The molecule has 2 amide bonds. The van der Waals surface area contributed by atoms with Gasteiger partial charge in [-0.3, -0.25) is 9.59 Å². The molecule has 204 valence electrons. The lowest BCUT2D eigenvalue weighted by molar-refractivity contribution is -0.137. The van der Waals surface area contributed by atoms with Gasteiger partial charge in [0, 0.05) is 23.7 Å². The topological polar surface area (TPSA) is 130 Å². The fourth-order valence-corrected chi connectivity index (χ4v) is 4.97. The zero-order chi connectivity index (χ0) is 28.9. The molecular formula is C26H19BrF3N7O3. The van der Waals surface area contributed by atoms with E-state index in [9.17, 15) is 27.6 Å². The Bertz CT molecular complexity index is 1870. The molecule has 0 spiro atoms. The number of hydrogen-bond acceptors (Lipinski definition) is 5. The van der Waals surface area contributed by atoms with Crippen molar-refractivity contribution < 1.29 is 22.8 Å². The molecule has 5 aromatic rings. The number of fused-ring (bicyclic) bond motifs is 1. The number of hydrogen-bond donors (Lipinski definition) is 2. The molecule has 10 nitrogen and oxygen atoms in total. The second-order valence-electron chi connectivity index (χ2n) is 8.82. The van der Waals surface area contributed by atoms with Crippen molar-refractivity contribution in [3.05, 3.63) is 98.3 Å². The van der Waals surface area contributed by atoms with Crippen molar-refractivity contribution in [3.63, 3.8) is 0 Å². The Morgan fingerprint density at radius 2 is 1.68 bits per heavy atom. The molecule has 2 heterocycles. The standard InChI is InChI=1S/C26H19BrF3N7O3/c1-13-33-35(2)25(40)36(13)17-6-8-18(9-7-17)37-22(27)21-19(11-15(26(28,29)30)12-20(21)34-37)24(39)32-16-5-3-4-14(10-16)23(31)38/h3-12H,1-2H3,(H2,31,38)(H,32,39). The van der Waals surface area contributed by atoms with E-state index in [-0.39, 0.29) is 38.0 Å². The molecule has 0 unspecified atom stereocenters. The number of primary amides is 1. The first-order valence-electron chi connectivity index (χ1n) is 11.6. The second-order valence-corrected chi connectivity index (χ2v) is 9.57. The Morgan fingerprint density at radius 3 is 2.27 bits per heavy atom. The van der Waals surface area contributed by atoms with Crippen LogP contribution in [0.2, 0.25) is 0 Å². The van der Waals surface area contributed by atoms with Gasteiger partial charge in [-0.15, -0.1) is 0 Å². The normalized spacial score (nSPS) is 11.7. The summed E-state index contributed by atoms with van der Waals surface area (Å²) in [7, 11) is 1.53. The van der Waals surface area contributed by atoms with Crippen LogP contribution in [-0.4, -0.2) is 35.9 Å². The zero-order valence-electron chi connectivity index (χ0n) is 20.8. The monoisotopic (exact) mass is 613 g/mol. The first-order valence-corrected chi connectivity index (χ1v) is 12.4. The van der Waals surface area contributed by atoms with Gasteiger partial charge in [-0.2, -0.15) is 23.4 Å². The molecule has 14 heteroatoms. The molecule has 0 saturated heterocycles. The molecule has 0 bridgehead atoms. The van der Waals surface area contributed by atoms with Crippen LogP contribution in [0.5, 0.6) is 0 Å². The number of halogens is 4. The number of aromatic nitrogens is 5. The first kappa shape index (κ1) is 26.9. The molecule has 0 aliphatic rings. The number of rotatable bonds is 5. The summed E-state index contributed by atoms with van der Waals surface area (Å²) >= 11 is 3.40. The van der Waals surface area contributed by atoms with Crippen LogP contribution in [0.25, 0.3) is 22.3 Å². The van der Waals surface area contributed by atoms with E-state index in [1.807, 2.05) is 0 Å². The SMILES string of the molecule is Cc1nn(C)c(=O)n1-c1ccc(-n2nc3cc(C(F)(F)F)cc(C(=O)Nc4cccc(C(N)=O)c4)c3c2Br)cc1. The van der Waals surface area contributed by atoms with Crippen LogP contribution >= 0.6 is 15.9 Å². The highest BCUT2D eigenvalue weighted by Crippen LogP contribution is 2.37. The Labute approximate surface area is 231 Å². The van der Waals surface area contributed by atoms with Crippen LogP contribution in [0.15, 0.2) is 70.1 Å². The van der Waals surface area contributed by atoms with Gasteiger partial charge in [0.1, 0.15) is 10.4 Å². The number of carbonyl (C=O) groups excluding carboxylic acids is 2. The average molecular weight is 614 g/mol. The molecule has 2 aromatic heterocycles. The van der Waals surface area contributed by atoms with Gasteiger partial charge < -0.3 is 11.1 Å². The molecule has 5 rings (SSSR count). The lowest BCUT2D eigenvalue weighted by Crippen LogP contribution is -2.21. The van der Waals surface area contributed by atoms with Gasteiger partial charge >= 0.3 is 11.9 Å². The van der Waals surface area contributed by atoms with E-state index in [1.54, 1.807) is 31.2 Å². The van der Waals surface area contributed by atoms with Crippen molar-refractivity contribution in [1.29, 1.82) is 0 Å². The van der Waals surface area contributed by atoms with Gasteiger partial charge in [0.15, 0.2) is 0 Å². The van der Waals surface area contributed by atoms with Crippen LogP contribution in [0, 0.1) is 6.92 Å². The lowest BCUT2D eigenvalue weighted by atomic mass is 10.0. The number of amides is 2. The lowest BCUT2D eigenvalue weighted by Gasteiger charge is -2.11. The van der Waals surface area contributed by atoms with E-state index in [2.05, 4.69) is 31.4 Å². The fraction of sp³-hybridized carbons (Fsp3) is 0.115. The maximum absolute atomic E-state index is 13.8. The van der Waals surface area contributed by atoms with E-state index in [1.165, 1.54) is 45.2 Å². The molecule has 0 atom stereocenters. The van der Waals surface area contributed by atoms with E-state index < -0.39 is 23.6 Å². The van der Waals surface area contributed by atoms with Crippen LogP contribution in [-0.2, 0) is 13.2 Å². The van der Waals surface area contributed by atoms with E-state index in [4.69, 9.17) is 5.73 Å². The summed E-state index contributed by atoms with van der Waals surface area (Å²) in [6, 6.07) is 13.9. The number of nitrogens with two attached hydrogens (primary N) is 1. The summed E-state index contributed by atoms with van der Waals surface area (Å²) in [5.41, 5.74) is 4.79. The summed E-state index contributed by atoms with van der Waals surface area (Å²) in [6.07, 6.45) is -4.75. The quantitative estimate of drug-likeness (QED) is 0.304. The van der Waals surface area contributed by atoms with Crippen molar-refractivity contribution in [2.75, 3.05) is 5.32 Å². The average Bonchev–Trinajstić information content (AvgIpc) is 3.37. The van der Waals surface area contributed by atoms with Gasteiger partial charge in [-0.05, 0) is 77.5 Å².